The Hall–Kier alpha value is -2.06. The van der Waals surface area contributed by atoms with Gasteiger partial charge in [-0.3, -0.25) is 4.99 Å². The molecule has 2 aromatic carbocycles. The molecule has 4 nitrogen and oxygen atoms in total. The van der Waals surface area contributed by atoms with Gasteiger partial charge >= 0.3 is 0 Å². The molecule has 2 rings (SSSR count). The molecule has 2 aromatic rings. The van der Waals surface area contributed by atoms with E-state index in [1.54, 1.807) is 13.2 Å². The zero-order chi connectivity index (χ0) is 17.7. The zero-order valence-corrected chi connectivity index (χ0v) is 15.8. The van der Waals surface area contributed by atoms with Gasteiger partial charge in [0, 0.05) is 23.1 Å². The van der Waals surface area contributed by atoms with E-state index in [9.17, 15) is 5.11 Å². The Balaban J connectivity index is 2.40. The SMILES string of the molecule is COc1cc(OC)c(O)c(Pc2ccccc2C=NC(C)(C)C)c1. The Morgan fingerprint density at radius 1 is 1.04 bits per heavy atom. The van der Waals surface area contributed by atoms with Crippen molar-refractivity contribution in [2.24, 2.45) is 4.99 Å². The lowest BCUT2D eigenvalue weighted by Gasteiger charge is -2.14. The highest BCUT2D eigenvalue weighted by atomic mass is 31.1. The van der Waals surface area contributed by atoms with Crippen LogP contribution in [0.1, 0.15) is 26.3 Å². The van der Waals surface area contributed by atoms with Crippen LogP contribution < -0.4 is 20.1 Å². The monoisotopic (exact) mass is 345 g/mol. The van der Waals surface area contributed by atoms with E-state index in [4.69, 9.17) is 9.47 Å². The molecule has 5 heteroatoms. The van der Waals surface area contributed by atoms with Gasteiger partial charge in [0.1, 0.15) is 5.75 Å². The van der Waals surface area contributed by atoms with Crippen molar-refractivity contribution in [2.45, 2.75) is 26.3 Å². The first kappa shape index (κ1) is 18.3. The quantitative estimate of drug-likeness (QED) is 0.668. The van der Waals surface area contributed by atoms with Gasteiger partial charge in [-0.2, -0.15) is 0 Å². The molecule has 0 saturated carbocycles. The Bertz CT molecular complexity index is 736. The van der Waals surface area contributed by atoms with Gasteiger partial charge in [0.15, 0.2) is 11.5 Å². The Kier molecular flexibility index (Phi) is 5.84. The number of phenolic OH excluding ortho intramolecular Hbond substituents is 1. The van der Waals surface area contributed by atoms with Crippen molar-refractivity contribution in [3.8, 4) is 17.2 Å². The van der Waals surface area contributed by atoms with Gasteiger partial charge in [0.2, 0.25) is 0 Å². The second kappa shape index (κ2) is 7.67. The summed E-state index contributed by atoms with van der Waals surface area (Å²) in [5, 5.41) is 12.3. The first-order chi connectivity index (χ1) is 11.3. The van der Waals surface area contributed by atoms with Gasteiger partial charge in [-0.15, -0.1) is 0 Å². The summed E-state index contributed by atoms with van der Waals surface area (Å²) >= 11 is 0. The van der Waals surface area contributed by atoms with Gasteiger partial charge in [-0.05, 0) is 32.1 Å². The largest absolute Gasteiger partial charge is 0.504 e. The van der Waals surface area contributed by atoms with Crippen LogP contribution in [0.25, 0.3) is 0 Å². The second-order valence-corrected chi connectivity index (χ2v) is 7.69. The Labute approximate surface area is 145 Å². The minimum absolute atomic E-state index is 0.127. The zero-order valence-electron chi connectivity index (χ0n) is 14.8. The van der Waals surface area contributed by atoms with Crippen LogP contribution in [0.4, 0.5) is 0 Å². The molecule has 0 bridgehead atoms. The fourth-order valence-electron chi connectivity index (χ4n) is 2.08. The van der Waals surface area contributed by atoms with E-state index in [0.717, 1.165) is 16.2 Å². The van der Waals surface area contributed by atoms with Crippen LogP contribution in [0.5, 0.6) is 17.2 Å². The predicted octanol–water partition coefficient (Wildman–Crippen LogP) is 3.26. The topological polar surface area (TPSA) is 51.0 Å². The molecule has 24 heavy (non-hydrogen) atoms. The third kappa shape index (κ3) is 4.72. The van der Waals surface area contributed by atoms with Gasteiger partial charge in [0.05, 0.1) is 19.8 Å². The van der Waals surface area contributed by atoms with E-state index in [1.807, 2.05) is 36.5 Å². The third-order valence-electron chi connectivity index (χ3n) is 3.33. The van der Waals surface area contributed by atoms with Crippen molar-refractivity contribution in [1.82, 2.24) is 0 Å². The number of aliphatic imine (C=N–C) groups is 1. The van der Waals surface area contributed by atoms with Crippen LogP contribution in [0.2, 0.25) is 0 Å². The van der Waals surface area contributed by atoms with Gasteiger partial charge in [-0.25, -0.2) is 0 Å². The fraction of sp³-hybridized carbons (Fsp3) is 0.316. The summed E-state index contributed by atoms with van der Waals surface area (Å²) in [4.78, 5) is 4.59. The summed E-state index contributed by atoms with van der Waals surface area (Å²) in [7, 11) is 3.40. The molecule has 0 saturated heterocycles. The molecule has 1 N–H and O–H groups in total. The second-order valence-electron chi connectivity index (χ2n) is 6.37. The van der Waals surface area contributed by atoms with Crippen LogP contribution in [0.3, 0.4) is 0 Å². The summed E-state index contributed by atoms with van der Waals surface area (Å²) in [5.41, 5.74) is 0.921. The lowest BCUT2D eigenvalue weighted by Crippen LogP contribution is -2.13. The molecule has 0 amide bonds. The minimum Gasteiger partial charge on any atom is -0.504 e. The fourth-order valence-corrected chi connectivity index (χ4v) is 3.30. The van der Waals surface area contributed by atoms with Crippen LogP contribution in [-0.4, -0.2) is 31.1 Å². The predicted molar refractivity (Wildman–Crippen MR) is 103 cm³/mol. The lowest BCUT2D eigenvalue weighted by atomic mass is 10.1. The highest BCUT2D eigenvalue weighted by Crippen LogP contribution is 2.33. The summed E-state index contributed by atoms with van der Waals surface area (Å²) in [6.45, 7) is 6.19. The highest BCUT2D eigenvalue weighted by molar-refractivity contribution is 7.56. The first-order valence-electron chi connectivity index (χ1n) is 7.70. The number of phenols is 1. The standard InChI is InChI=1S/C19H24NO3P/c1-19(2,3)20-12-13-8-6-7-9-16(13)24-17-11-14(22-4)10-15(23-5)18(17)21/h6-12,21,24H,1-5H3. The van der Waals surface area contributed by atoms with Crippen LogP contribution in [0, 0.1) is 0 Å². The lowest BCUT2D eigenvalue weighted by molar-refractivity contribution is 0.366. The van der Waals surface area contributed by atoms with E-state index in [2.05, 4.69) is 25.8 Å². The average Bonchev–Trinajstić information content (AvgIpc) is 2.55. The molecule has 0 aliphatic rings. The van der Waals surface area contributed by atoms with E-state index in [0.29, 0.717) is 11.5 Å². The van der Waals surface area contributed by atoms with E-state index < -0.39 is 0 Å². The maximum Gasteiger partial charge on any atom is 0.165 e. The van der Waals surface area contributed by atoms with E-state index in [-0.39, 0.29) is 19.9 Å². The number of methoxy groups -OCH3 is 2. The van der Waals surface area contributed by atoms with Gasteiger partial charge < -0.3 is 14.6 Å². The minimum atomic E-state index is -0.127. The molecule has 1 unspecified atom stereocenters. The number of hydrogen-bond donors (Lipinski definition) is 1. The molecule has 0 heterocycles. The van der Waals surface area contributed by atoms with Crippen molar-refractivity contribution in [3.05, 3.63) is 42.0 Å². The number of benzene rings is 2. The van der Waals surface area contributed by atoms with Gasteiger partial charge in [-0.1, -0.05) is 32.8 Å². The van der Waals surface area contributed by atoms with Crippen molar-refractivity contribution in [1.29, 1.82) is 0 Å². The van der Waals surface area contributed by atoms with E-state index >= 15 is 0 Å². The molecule has 0 fully saturated rings. The maximum absolute atomic E-state index is 10.4. The molecular formula is C19H24NO3P. The van der Waals surface area contributed by atoms with Crippen molar-refractivity contribution in [3.63, 3.8) is 0 Å². The van der Waals surface area contributed by atoms with Crippen molar-refractivity contribution < 1.29 is 14.6 Å². The average molecular weight is 345 g/mol. The van der Waals surface area contributed by atoms with Crippen LogP contribution in [-0.2, 0) is 0 Å². The van der Waals surface area contributed by atoms with E-state index in [1.165, 1.54) is 7.11 Å². The molecule has 0 aliphatic carbocycles. The van der Waals surface area contributed by atoms with Crippen LogP contribution >= 0.6 is 8.58 Å². The van der Waals surface area contributed by atoms with Crippen LogP contribution in [0.15, 0.2) is 41.4 Å². The summed E-state index contributed by atoms with van der Waals surface area (Å²) in [6.07, 6.45) is 1.90. The van der Waals surface area contributed by atoms with Crippen molar-refractivity contribution in [2.75, 3.05) is 14.2 Å². The summed E-state index contributed by atoms with van der Waals surface area (Å²) < 4.78 is 10.5. The number of ether oxygens (including phenoxy) is 2. The number of hydrogen-bond acceptors (Lipinski definition) is 4. The smallest absolute Gasteiger partial charge is 0.165 e. The Morgan fingerprint density at radius 3 is 2.38 bits per heavy atom. The molecule has 0 radical (unpaired) electrons. The van der Waals surface area contributed by atoms with Gasteiger partial charge in [0.25, 0.3) is 0 Å². The Morgan fingerprint density at radius 2 is 1.75 bits per heavy atom. The van der Waals surface area contributed by atoms with Crippen molar-refractivity contribution >= 4 is 25.4 Å². The summed E-state index contributed by atoms with van der Waals surface area (Å²) in [6, 6.07) is 11.6. The first-order valence-corrected chi connectivity index (χ1v) is 8.70. The number of rotatable bonds is 5. The highest BCUT2D eigenvalue weighted by Gasteiger charge is 2.13. The molecular weight excluding hydrogens is 321 g/mol. The molecule has 0 spiro atoms. The number of aromatic hydroxyl groups is 1. The number of nitrogens with zero attached hydrogens (tertiary/aromatic N) is 1. The molecule has 0 aromatic heterocycles. The maximum atomic E-state index is 10.4. The molecule has 1 atom stereocenters. The normalized spacial score (nSPS) is 12.2. The third-order valence-corrected chi connectivity index (χ3v) is 4.70. The molecule has 0 aliphatic heterocycles. The molecule has 128 valence electrons. The summed E-state index contributed by atoms with van der Waals surface area (Å²) in [5.74, 6) is 1.23.